The fourth-order valence-electron chi connectivity index (χ4n) is 2.37. The van der Waals surface area contributed by atoms with Crippen molar-refractivity contribution in [2.45, 2.75) is 72.0 Å². The number of carbonyl (C=O) groups is 1. The Bertz CT molecular complexity index is 271. The molecule has 0 heterocycles. The molecule has 0 aromatic rings. The van der Waals surface area contributed by atoms with Gasteiger partial charge in [0.15, 0.2) is 0 Å². The second kappa shape index (κ2) is 8.54. The average molecular weight is 272 g/mol. The Morgan fingerprint density at radius 1 is 1.26 bits per heavy atom. The topological polar surface area (TPSA) is 41.6 Å². The molecule has 0 aromatic heterocycles. The van der Waals surface area contributed by atoms with Crippen LogP contribution in [-0.4, -0.2) is 48.7 Å². The van der Waals surface area contributed by atoms with E-state index < -0.39 is 5.54 Å². The maximum absolute atomic E-state index is 12.1. The zero-order valence-corrected chi connectivity index (χ0v) is 13.7. The summed E-state index contributed by atoms with van der Waals surface area (Å²) in [6.07, 6.45) is 1.86. The van der Waals surface area contributed by atoms with E-state index in [1.165, 1.54) is 0 Å². The van der Waals surface area contributed by atoms with Gasteiger partial charge in [0.1, 0.15) is 5.54 Å². The van der Waals surface area contributed by atoms with E-state index in [9.17, 15) is 4.79 Å². The maximum atomic E-state index is 12.1. The molecule has 114 valence electrons. The van der Waals surface area contributed by atoms with Gasteiger partial charge in [0.25, 0.3) is 0 Å². The molecule has 0 radical (unpaired) electrons. The number of rotatable bonds is 9. The van der Waals surface area contributed by atoms with Gasteiger partial charge in [-0.1, -0.05) is 13.8 Å². The van der Waals surface area contributed by atoms with Crippen LogP contribution in [0.3, 0.4) is 0 Å². The van der Waals surface area contributed by atoms with E-state index in [4.69, 9.17) is 4.74 Å². The predicted octanol–water partition coefficient (Wildman–Crippen LogP) is 2.43. The molecule has 4 nitrogen and oxygen atoms in total. The van der Waals surface area contributed by atoms with Gasteiger partial charge in [-0.3, -0.25) is 4.79 Å². The number of ether oxygens (including phenoxy) is 1. The number of nitrogens with one attached hydrogen (secondary N) is 1. The van der Waals surface area contributed by atoms with Crippen molar-refractivity contribution in [3.63, 3.8) is 0 Å². The van der Waals surface area contributed by atoms with Crippen LogP contribution in [0.1, 0.15) is 54.4 Å². The smallest absolute Gasteiger partial charge is 0.326 e. The largest absolute Gasteiger partial charge is 0.465 e. The summed E-state index contributed by atoms with van der Waals surface area (Å²) in [6, 6.07) is 0.839. The van der Waals surface area contributed by atoms with E-state index >= 15 is 0 Å². The highest BCUT2D eigenvalue weighted by Gasteiger charge is 2.36. The number of hydrogen-bond acceptors (Lipinski definition) is 4. The van der Waals surface area contributed by atoms with Gasteiger partial charge < -0.3 is 15.0 Å². The highest BCUT2D eigenvalue weighted by Crippen LogP contribution is 2.19. The minimum Gasteiger partial charge on any atom is -0.465 e. The lowest BCUT2D eigenvalue weighted by molar-refractivity contribution is -0.151. The van der Waals surface area contributed by atoms with Crippen LogP contribution in [-0.2, 0) is 9.53 Å². The van der Waals surface area contributed by atoms with E-state index in [1.807, 2.05) is 20.8 Å². The van der Waals surface area contributed by atoms with Gasteiger partial charge in [-0.05, 0) is 54.1 Å². The molecular weight excluding hydrogens is 240 g/mol. The molecule has 4 heteroatoms. The van der Waals surface area contributed by atoms with Crippen molar-refractivity contribution >= 4 is 5.97 Å². The quantitative estimate of drug-likeness (QED) is 0.655. The molecule has 0 saturated carbocycles. The summed E-state index contributed by atoms with van der Waals surface area (Å²) >= 11 is 0. The fraction of sp³-hybridized carbons (Fsp3) is 0.933. The third-order valence-electron chi connectivity index (χ3n) is 3.98. The normalized spacial score (nSPS) is 17.9. The van der Waals surface area contributed by atoms with Gasteiger partial charge in [0.2, 0.25) is 0 Å². The van der Waals surface area contributed by atoms with Crippen LogP contribution in [0.25, 0.3) is 0 Å². The van der Waals surface area contributed by atoms with E-state index in [0.29, 0.717) is 18.7 Å². The Balaban J connectivity index is 4.77. The molecule has 0 saturated heterocycles. The lowest BCUT2D eigenvalue weighted by atomic mass is 9.92. The van der Waals surface area contributed by atoms with E-state index in [2.05, 4.69) is 38.0 Å². The van der Waals surface area contributed by atoms with Crippen molar-refractivity contribution in [2.75, 3.05) is 20.2 Å². The van der Waals surface area contributed by atoms with Gasteiger partial charge in [0, 0.05) is 12.1 Å². The van der Waals surface area contributed by atoms with Crippen LogP contribution >= 0.6 is 0 Å². The molecular formula is C15H32N2O2. The van der Waals surface area contributed by atoms with Crippen LogP contribution in [0.5, 0.6) is 0 Å². The first-order chi connectivity index (χ1) is 8.82. The van der Waals surface area contributed by atoms with Crippen molar-refractivity contribution in [3.8, 4) is 0 Å². The van der Waals surface area contributed by atoms with Gasteiger partial charge in [0.05, 0.1) is 6.61 Å². The molecule has 1 N–H and O–H groups in total. The maximum Gasteiger partial charge on any atom is 0.326 e. The van der Waals surface area contributed by atoms with Crippen LogP contribution in [0.15, 0.2) is 0 Å². The van der Waals surface area contributed by atoms with Crippen LogP contribution < -0.4 is 5.32 Å². The first-order valence-electron chi connectivity index (χ1n) is 7.46. The zero-order valence-electron chi connectivity index (χ0n) is 13.7. The molecule has 19 heavy (non-hydrogen) atoms. The standard InChI is InChI=1S/C15H32N2O2/c1-8-12(4)17(7)13(5)11-15(6,16-9-2)14(18)19-10-3/h12-13,16H,8-11H2,1-7H3. The van der Waals surface area contributed by atoms with Gasteiger partial charge in [-0.15, -0.1) is 0 Å². The lowest BCUT2D eigenvalue weighted by Crippen LogP contribution is -2.54. The summed E-state index contributed by atoms with van der Waals surface area (Å²) in [6.45, 7) is 13.6. The molecule has 0 spiro atoms. The van der Waals surface area contributed by atoms with E-state index in [0.717, 1.165) is 19.4 Å². The molecule has 0 rings (SSSR count). The minimum absolute atomic E-state index is 0.152. The highest BCUT2D eigenvalue weighted by atomic mass is 16.5. The molecule has 0 bridgehead atoms. The Morgan fingerprint density at radius 2 is 1.84 bits per heavy atom. The Kier molecular flexibility index (Phi) is 8.26. The Hall–Kier alpha value is -0.610. The summed E-state index contributed by atoms with van der Waals surface area (Å²) in [4.78, 5) is 14.5. The average Bonchev–Trinajstić information content (AvgIpc) is 2.37. The van der Waals surface area contributed by atoms with Crippen molar-refractivity contribution < 1.29 is 9.53 Å². The van der Waals surface area contributed by atoms with Crippen molar-refractivity contribution in [1.29, 1.82) is 0 Å². The number of nitrogens with zero attached hydrogens (tertiary/aromatic N) is 1. The summed E-state index contributed by atoms with van der Waals surface area (Å²) in [5.74, 6) is -0.152. The molecule has 3 unspecified atom stereocenters. The minimum atomic E-state index is -0.605. The molecule has 3 atom stereocenters. The third-order valence-corrected chi connectivity index (χ3v) is 3.98. The number of likely N-dealkylation sites (N-methyl/N-ethyl adjacent to an activating group) is 1. The lowest BCUT2D eigenvalue weighted by Gasteiger charge is -2.36. The Labute approximate surface area is 118 Å². The Morgan fingerprint density at radius 3 is 2.26 bits per heavy atom. The summed E-state index contributed by atoms with van der Waals surface area (Å²) in [5.41, 5.74) is -0.605. The van der Waals surface area contributed by atoms with Crippen LogP contribution in [0, 0.1) is 0 Å². The molecule has 0 aliphatic rings. The molecule has 0 fully saturated rings. The number of carbonyl (C=O) groups excluding carboxylic acids is 1. The molecule has 0 aromatic carbocycles. The van der Waals surface area contributed by atoms with Crippen molar-refractivity contribution in [2.24, 2.45) is 0 Å². The molecule has 0 aliphatic carbocycles. The first kappa shape index (κ1) is 18.4. The summed E-state index contributed by atoms with van der Waals surface area (Å²) in [5, 5.41) is 3.29. The second-order valence-electron chi connectivity index (χ2n) is 5.56. The monoisotopic (exact) mass is 272 g/mol. The first-order valence-corrected chi connectivity index (χ1v) is 7.46. The summed E-state index contributed by atoms with van der Waals surface area (Å²) < 4.78 is 5.21. The van der Waals surface area contributed by atoms with Crippen LogP contribution in [0.2, 0.25) is 0 Å². The molecule has 0 aliphatic heterocycles. The third kappa shape index (κ3) is 5.49. The van der Waals surface area contributed by atoms with Gasteiger partial charge >= 0.3 is 5.97 Å². The predicted molar refractivity (Wildman–Crippen MR) is 80.3 cm³/mol. The van der Waals surface area contributed by atoms with E-state index in [-0.39, 0.29) is 5.97 Å². The second-order valence-corrected chi connectivity index (χ2v) is 5.56. The summed E-state index contributed by atoms with van der Waals surface area (Å²) in [7, 11) is 2.12. The zero-order chi connectivity index (χ0) is 15.1. The highest BCUT2D eigenvalue weighted by molar-refractivity contribution is 5.80. The van der Waals surface area contributed by atoms with Crippen molar-refractivity contribution in [1.82, 2.24) is 10.2 Å². The van der Waals surface area contributed by atoms with Crippen LogP contribution in [0.4, 0.5) is 0 Å². The van der Waals surface area contributed by atoms with Gasteiger partial charge in [-0.2, -0.15) is 0 Å². The van der Waals surface area contributed by atoms with Crippen molar-refractivity contribution in [3.05, 3.63) is 0 Å². The van der Waals surface area contributed by atoms with Gasteiger partial charge in [-0.25, -0.2) is 0 Å². The fourth-order valence-corrected chi connectivity index (χ4v) is 2.37. The molecule has 0 amide bonds. The number of hydrogen-bond donors (Lipinski definition) is 1. The van der Waals surface area contributed by atoms with E-state index in [1.54, 1.807) is 0 Å². The SMILES string of the molecule is CCNC(C)(CC(C)N(C)C(C)CC)C(=O)OCC. The number of esters is 1.